The topological polar surface area (TPSA) is 83.6 Å². The number of aromatic hydroxyl groups is 2. The van der Waals surface area contributed by atoms with E-state index < -0.39 is 4.92 Å². The van der Waals surface area contributed by atoms with Gasteiger partial charge in [-0.2, -0.15) is 0 Å². The summed E-state index contributed by atoms with van der Waals surface area (Å²) in [5.41, 5.74) is -0.122. The fraction of sp³-hybridized carbons (Fsp3) is 0. The minimum atomic E-state index is -0.553. The van der Waals surface area contributed by atoms with E-state index >= 15 is 0 Å². The molecular formula is C10H7NO4. The molecule has 5 nitrogen and oxygen atoms in total. The third-order valence-electron chi connectivity index (χ3n) is 2.16. The molecule has 2 aromatic carbocycles. The van der Waals surface area contributed by atoms with Crippen molar-refractivity contribution in [2.24, 2.45) is 0 Å². The molecule has 0 bridgehead atoms. The van der Waals surface area contributed by atoms with Crippen LogP contribution in [0.25, 0.3) is 10.8 Å². The zero-order valence-electron chi connectivity index (χ0n) is 7.54. The molecule has 2 rings (SSSR count). The monoisotopic (exact) mass is 205 g/mol. The second kappa shape index (κ2) is 3.13. The summed E-state index contributed by atoms with van der Waals surface area (Å²) in [5.74, 6) is -0.107. The van der Waals surface area contributed by atoms with Crippen molar-refractivity contribution in [3.05, 3.63) is 40.4 Å². The number of benzene rings is 2. The van der Waals surface area contributed by atoms with Crippen molar-refractivity contribution < 1.29 is 15.1 Å². The van der Waals surface area contributed by atoms with Gasteiger partial charge in [0.25, 0.3) is 5.69 Å². The van der Waals surface area contributed by atoms with Crippen LogP contribution in [0.15, 0.2) is 30.3 Å². The first kappa shape index (κ1) is 9.26. The Balaban J connectivity index is 2.81. The largest absolute Gasteiger partial charge is 0.507 e. The second-order valence-corrected chi connectivity index (χ2v) is 3.09. The number of rotatable bonds is 1. The van der Waals surface area contributed by atoms with E-state index in [0.717, 1.165) is 0 Å². The van der Waals surface area contributed by atoms with E-state index in [-0.39, 0.29) is 22.6 Å². The van der Waals surface area contributed by atoms with Gasteiger partial charge in [-0.15, -0.1) is 0 Å². The van der Waals surface area contributed by atoms with Gasteiger partial charge in [0, 0.05) is 22.9 Å². The lowest BCUT2D eigenvalue weighted by atomic mass is 10.1. The summed E-state index contributed by atoms with van der Waals surface area (Å²) in [6, 6.07) is 6.54. The number of fused-ring (bicyclic) bond motifs is 1. The Labute approximate surface area is 84.4 Å². The summed E-state index contributed by atoms with van der Waals surface area (Å²) in [6.45, 7) is 0. The van der Waals surface area contributed by atoms with Crippen molar-refractivity contribution >= 4 is 16.5 Å². The van der Waals surface area contributed by atoms with Crippen LogP contribution in [0, 0.1) is 10.1 Å². The van der Waals surface area contributed by atoms with Gasteiger partial charge in [-0.1, -0.05) is 0 Å². The van der Waals surface area contributed by atoms with E-state index in [4.69, 9.17) is 0 Å². The molecule has 0 aliphatic carbocycles. The van der Waals surface area contributed by atoms with Crippen LogP contribution in [-0.2, 0) is 0 Å². The fourth-order valence-corrected chi connectivity index (χ4v) is 1.42. The molecule has 0 amide bonds. The lowest BCUT2D eigenvalue weighted by Crippen LogP contribution is -1.87. The first-order valence-electron chi connectivity index (χ1n) is 4.18. The first-order valence-corrected chi connectivity index (χ1v) is 4.18. The molecule has 15 heavy (non-hydrogen) atoms. The number of hydrogen-bond acceptors (Lipinski definition) is 4. The van der Waals surface area contributed by atoms with Crippen LogP contribution < -0.4 is 0 Å². The summed E-state index contributed by atoms with van der Waals surface area (Å²) in [6.07, 6.45) is 0. The Morgan fingerprint density at radius 3 is 2.20 bits per heavy atom. The third kappa shape index (κ3) is 1.43. The zero-order valence-corrected chi connectivity index (χ0v) is 7.54. The molecule has 0 fully saturated rings. The van der Waals surface area contributed by atoms with E-state index in [9.17, 15) is 20.3 Å². The van der Waals surface area contributed by atoms with Gasteiger partial charge in [-0.05, 0) is 18.2 Å². The van der Waals surface area contributed by atoms with E-state index in [1.807, 2.05) is 0 Å². The Hall–Kier alpha value is -2.30. The summed E-state index contributed by atoms with van der Waals surface area (Å²) in [7, 11) is 0. The van der Waals surface area contributed by atoms with Gasteiger partial charge in [-0.25, -0.2) is 0 Å². The van der Waals surface area contributed by atoms with Crippen LogP contribution >= 0.6 is 0 Å². The van der Waals surface area contributed by atoms with E-state index in [1.165, 1.54) is 30.3 Å². The van der Waals surface area contributed by atoms with Crippen LogP contribution in [-0.4, -0.2) is 15.1 Å². The molecule has 0 saturated carbocycles. The number of hydrogen-bond donors (Lipinski definition) is 2. The molecule has 2 aromatic rings. The van der Waals surface area contributed by atoms with Crippen LogP contribution in [0.4, 0.5) is 5.69 Å². The SMILES string of the molecule is O=[N+]([O-])c1ccc2c(O)ccc(O)c2c1. The lowest BCUT2D eigenvalue weighted by molar-refractivity contribution is -0.384. The van der Waals surface area contributed by atoms with Gasteiger partial charge in [0.2, 0.25) is 0 Å². The maximum atomic E-state index is 10.5. The van der Waals surface area contributed by atoms with Crippen LogP contribution in [0.1, 0.15) is 0 Å². The third-order valence-corrected chi connectivity index (χ3v) is 2.16. The number of nitro groups is 1. The Morgan fingerprint density at radius 2 is 1.60 bits per heavy atom. The van der Waals surface area contributed by atoms with Crippen molar-refractivity contribution in [2.45, 2.75) is 0 Å². The molecule has 2 N–H and O–H groups in total. The minimum absolute atomic E-state index is 0.0160. The smallest absolute Gasteiger partial charge is 0.270 e. The Bertz CT molecular complexity index is 550. The van der Waals surface area contributed by atoms with Gasteiger partial charge in [0.05, 0.1) is 4.92 Å². The van der Waals surface area contributed by atoms with E-state index in [0.29, 0.717) is 5.39 Å². The standard InChI is InChI=1S/C10H7NO4/c12-9-3-4-10(13)8-5-6(11(14)15)1-2-7(8)9/h1-5,12-13H. The van der Waals surface area contributed by atoms with Crippen molar-refractivity contribution in [3.63, 3.8) is 0 Å². The molecule has 5 heteroatoms. The minimum Gasteiger partial charge on any atom is -0.507 e. The number of phenolic OH excluding ortho intramolecular Hbond substituents is 2. The zero-order chi connectivity index (χ0) is 11.0. The highest BCUT2D eigenvalue weighted by Gasteiger charge is 2.10. The van der Waals surface area contributed by atoms with Gasteiger partial charge >= 0.3 is 0 Å². The predicted octanol–water partition coefficient (Wildman–Crippen LogP) is 2.16. The molecule has 0 unspecified atom stereocenters. The molecule has 76 valence electrons. The molecule has 0 saturated heterocycles. The van der Waals surface area contributed by atoms with Crippen molar-refractivity contribution in [3.8, 4) is 11.5 Å². The number of non-ortho nitro benzene ring substituents is 1. The van der Waals surface area contributed by atoms with Crippen molar-refractivity contribution in [1.82, 2.24) is 0 Å². The van der Waals surface area contributed by atoms with Gasteiger partial charge < -0.3 is 10.2 Å². The number of nitro benzene ring substituents is 1. The average Bonchev–Trinajstić information content (AvgIpc) is 2.23. The molecule has 0 aliphatic heterocycles. The first-order chi connectivity index (χ1) is 7.09. The summed E-state index contributed by atoms with van der Waals surface area (Å²) >= 11 is 0. The van der Waals surface area contributed by atoms with Crippen molar-refractivity contribution in [2.75, 3.05) is 0 Å². The number of phenols is 2. The quantitative estimate of drug-likeness (QED) is 0.424. The summed E-state index contributed by atoms with van der Waals surface area (Å²) < 4.78 is 0. The molecule has 0 aliphatic rings. The summed E-state index contributed by atoms with van der Waals surface area (Å²) in [5, 5.41) is 30.1. The van der Waals surface area contributed by atoms with E-state index in [1.54, 1.807) is 0 Å². The Morgan fingerprint density at radius 1 is 1.00 bits per heavy atom. The highest BCUT2D eigenvalue weighted by atomic mass is 16.6. The summed E-state index contributed by atoms with van der Waals surface area (Å²) in [4.78, 5) is 9.95. The van der Waals surface area contributed by atoms with Gasteiger partial charge in [0.15, 0.2) is 0 Å². The molecule has 0 heterocycles. The van der Waals surface area contributed by atoms with Crippen LogP contribution in [0.5, 0.6) is 11.5 Å². The maximum Gasteiger partial charge on any atom is 0.270 e. The maximum absolute atomic E-state index is 10.5. The van der Waals surface area contributed by atoms with Crippen LogP contribution in [0.2, 0.25) is 0 Å². The molecule has 0 radical (unpaired) electrons. The Kier molecular flexibility index (Phi) is 1.93. The molecule has 0 aromatic heterocycles. The number of nitrogens with zero attached hydrogens (tertiary/aromatic N) is 1. The highest BCUT2D eigenvalue weighted by molar-refractivity contribution is 5.94. The normalized spacial score (nSPS) is 10.4. The van der Waals surface area contributed by atoms with Crippen LogP contribution in [0.3, 0.4) is 0 Å². The lowest BCUT2D eigenvalue weighted by Gasteiger charge is -2.02. The fourth-order valence-electron chi connectivity index (χ4n) is 1.42. The molecular weight excluding hydrogens is 198 g/mol. The molecule has 0 atom stereocenters. The van der Waals surface area contributed by atoms with Gasteiger partial charge in [0.1, 0.15) is 11.5 Å². The van der Waals surface area contributed by atoms with Crippen molar-refractivity contribution in [1.29, 1.82) is 0 Å². The van der Waals surface area contributed by atoms with E-state index in [2.05, 4.69) is 0 Å². The predicted molar refractivity (Wildman–Crippen MR) is 53.9 cm³/mol. The average molecular weight is 205 g/mol. The van der Waals surface area contributed by atoms with Gasteiger partial charge in [-0.3, -0.25) is 10.1 Å². The second-order valence-electron chi connectivity index (χ2n) is 3.09. The highest BCUT2D eigenvalue weighted by Crippen LogP contribution is 2.33. The molecule has 0 spiro atoms.